The summed E-state index contributed by atoms with van der Waals surface area (Å²) in [7, 11) is 3.27. The standard InChI is InChI=1S/C58H70F2N10O8/c1-9-41(61-7)53(75)65-43(55(77)69-33-57(3,4)49-45(69)31-37(51(73)67-49)29-35-15-19-39(59)20-16-35)23-25-47(71)63-27-13-11-12-14-28-64-48(72)26-24-44(66-54(76)42(10-2)62-8)56(78)70-34-58(5,6)50-46(70)32-38(52(74)68-50)30-36-17-21-40(60)22-18-36/h15-22,31-32,41-44,61-62H,9-10,23-30,33-34H2,1-8H3,(H,63,71)(H,64,72)(H,65,75)(H,66,76)(H,67,73)(H,68,74)/t41-,42-,43-,44-/m0/s1. The molecule has 18 nitrogen and oxygen atoms in total. The Kier molecular flexibility index (Phi) is 20.1. The Bertz CT molecular complexity index is 2910. The highest BCUT2D eigenvalue weighted by molar-refractivity contribution is 6.03. The van der Waals surface area contributed by atoms with Crippen molar-refractivity contribution in [1.29, 1.82) is 0 Å². The Hall–Kier alpha value is -7.94. The average Bonchev–Trinajstić information content (AvgIpc) is 3.96. The maximum atomic E-state index is 14.4. The zero-order valence-electron chi connectivity index (χ0n) is 45.5. The van der Waals surface area contributed by atoms with Crippen LogP contribution in [0.3, 0.4) is 0 Å². The van der Waals surface area contributed by atoms with Crippen LogP contribution in [0.1, 0.15) is 114 Å². The molecule has 4 aromatic rings. The molecule has 6 rings (SSSR count). The molecular formula is C58H70F2N10O8. The van der Waals surface area contributed by atoms with Gasteiger partial charge >= 0.3 is 0 Å². The van der Waals surface area contributed by atoms with Crippen LogP contribution in [-0.2, 0) is 52.4 Å². The van der Waals surface area contributed by atoms with E-state index in [9.17, 15) is 47.1 Å². The van der Waals surface area contributed by atoms with Crippen LogP contribution in [0.15, 0.2) is 70.3 Å². The molecule has 2 aliphatic heterocycles. The number of anilines is 2. The third kappa shape index (κ3) is 15.0. The van der Waals surface area contributed by atoms with Crippen LogP contribution in [0.25, 0.3) is 0 Å². The largest absolute Gasteiger partial charge is 0.345 e. The highest BCUT2D eigenvalue weighted by Gasteiger charge is 2.44. The molecule has 6 amide bonds. The van der Waals surface area contributed by atoms with E-state index in [2.05, 4.69) is 65.6 Å². The molecule has 0 fully saturated rings. The Morgan fingerprint density at radius 3 is 1.28 bits per heavy atom. The molecule has 4 atom stereocenters. The van der Waals surface area contributed by atoms with Gasteiger partial charge in [-0.05, 0) is 99.1 Å². The van der Waals surface area contributed by atoms with Crippen LogP contribution in [0.4, 0.5) is 20.2 Å². The van der Waals surface area contributed by atoms with Crippen LogP contribution in [0, 0.1) is 35.3 Å². The van der Waals surface area contributed by atoms with E-state index in [1.54, 1.807) is 50.5 Å². The number of halogens is 2. The molecule has 20 heteroatoms. The second-order valence-electron chi connectivity index (χ2n) is 20.8. The first kappa shape index (κ1) is 59.3. The Morgan fingerprint density at radius 1 is 0.590 bits per heavy atom. The van der Waals surface area contributed by atoms with Crippen LogP contribution >= 0.6 is 0 Å². The predicted octanol–water partition coefficient (Wildman–Crippen LogP) is 3.24. The van der Waals surface area contributed by atoms with Crippen molar-refractivity contribution < 1.29 is 37.5 Å². The normalized spacial score (nSPS) is 15.2. The summed E-state index contributed by atoms with van der Waals surface area (Å²) in [5.41, 5.74) is 2.23. The Balaban J connectivity index is 1.04. The van der Waals surface area contributed by atoms with Crippen molar-refractivity contribution in [3.05, 3.63) is 127 Å². The number of fused-ring (bicyclic) bond motifs is 2. The van der Waals surface area contributed by atoms with Crippen LogP contribution < -0.4 is 52.8 Å². The van der Waals surface area contributed by atoms with Gasteiger partial charge in [-0.2, -0.15) is 0 Å². The van der Waals surface area contributed by atoms with E-state index < -0.39 is 82.1 Å². The number of aromatic nitrogens is 2. The molecule has 0 radical (unpaired) electrons. The minimum absolute atomic E-state index is 0.0503. The monoisotopic (exact) mass is 1070 g/mol. The van der Waals surface area contributed by atoms with Crippen LogP contribution in [0.5, 0.6) is 0 Å². The summed E-state index contributed by atoms with van der Waals surface area (Å²) in [5, 5.41) is 16.9. The third-order valence-corrected chi connectivity index (χ3v) is 14.1. The van der Waals surface area contributed by atoms with E-state index in [4.69, 9.17) is 0 Å². The molecule has 78 heavy (non-hydrogen) atoms. The van der Waals surface area contributed by atoms with Crippen molar-refractivity contribution in [1.82, 2.24) is 41.9 Å². The molecule has 0 unspecified atom stereocenters. The zero-order valence-corrected chi connectivity index (χ0v) is 45.5. The summed E-state index contributed by atoms with van der Waals surface area (Å²) in [6.45, 7) is 11.4. The molecule has 0 saturated heterocycles. The number of hydrogen-bond acceptors (Lipinski definition) is 10. The molecule has 4 heterocycles. The molecule has 2 aromatic carbocycles. The predicted molar refractivity (Wildman–Crippen MR) is 293 cm³/mol. The maximum absolute atomic E-state index is 14.4. The first-order valence-electron chi connectivity index (χ1n) is 26.2. The SMILES string of the molecule is CC[C@H](NC)C(=O)N[C@@H](CCC(=O)NCC#CC#CCNC(=O)CC[C@H](NC(=O)[C@H](CC)NC)C(=O)N1CC(C)(C)c2[nH]c(=O)c(Cc3ccc(F)cc3)cc21)C(=O)N1CC(C)(C)c2[nH]c(=O)c(Cc3ccc(F)cc3)cc21. The fourth-order valence-corrected chi connectivity index (χ4v) is 9.66. The lowest BCUT2D eigenvalue weighted by Gasteiger charge is -2.27. The lowest BCUT2D eigenvalue weighted by atomic mass is 9.91. The molecule has 2 aliphatic rings. The summed E-state index contributed by atoms with van der Waals surface area (Å²) in [5.74, 6) is 7.26. The van der Waals surface area contributed by atoms with Gasteiger partial charge in [0.05, 0.1) is 36.5 Å². The number of nitrogens with zero attached hydrogens (tertiary/aromatic N) is 2. The minimum Gasteiger partial charge on any atom is -0.345 e. The average molecular weight is 1070 g/mol. The number of carbonyl (C=O) groups is 6. The first-order valence-corrected chi connectivity index (χ1v) is 26.2. The zero-order chi connectivity index (χ0) is 56.9. The van der Waals surface area contributed by atoms with Gasteiger partial charge in [-0.3, -0.25) is 38.4 Å². The van der Waals surface area contributed by atoms with E-state index >= 15 is 0 Å². The second-order valence-corrected chi connectivity index (χ2v) is 20.8. The van der Waals surface area contributed by atoms with Gasteiger partial charge in [-0.15, -0.1) is 0 Å². The van der Waals surface area contributed by atoms with Crippen molar-refractivity contribution in [2.45, 2.75) is 128 Å². The number of benzene rings is 2. The van der Waals surface area contributed by atoms with Crippen molar-refractivity contribution in [2.24, 2.45) is 0 Å². The van der Waals surface area contributed by atoms with Crippen LogP contribution in [-0.4, -0.2) is 110 Å². The molecule has 0 aliphatic carbocycles. The minimum atomic E-state index is -1.11. The molecule has 0 saturated carbocycles. The molecule has 414 valence electrons. The first-order chi connectivity index (χ1) is 37.1. The van der Waals surface area contributed by atoms with Gasteiger partial charge in [-0.1, -0.05) is 77.6 Å². The van der Waals surface area contributed by atoms with E-state index in [0.29, 0.717) is 57.9 Å². The quantitative estimate of drug-likeness (QED) is 0.0534. The fourth-order valence-electron chi connectivity index (χ4n) is 9.66. The number of pyridine rings is 2. The number of rotatable bonds is 22. The van der Waals surface area contributed by atoms with E-state index in [1.165, 1.54) is 34.1 Å². The van der Waals surface area contributed by atoms with Crippen molar-refractivity contribution in [3.8, 4) is 23.7 Å². The summed E-state index contributed by atoms with van der Waals surface area (Å²) < 4.78 is 27.2. The van der Waals surface area contributed by atoms with Gasteiger partial charge in [-0.25, -0.2) is 8.78 Å². The van der Waals surface area contributed by atoms with Crippen LogP contribution in [0.2, 0.25) is 0 Å². The molecule has 0 bridgehead atoms. The highest BCUT2D eigenvalue weighted by Crippen LogP contribution is 2.41. The molecular weight excluding hydrogens is 1000 g/mol. The summed E-state index contributed by atoms with van der Waals surface area (Å²) in [6, 6.07) is 11.5. The number of aromatic amines is 2. The highest BCUT2D eigenvalue weighted by atomic mass is 19.1. The summed E-state index contributed by atoms with van der Waals surface area (Å²) in [6.07, 6.45) is 0.870. The number of hydrogen-bond donors (Lipinski definition) is 8. The van der Waals surface area contributed by atoms with Gasteiger partial charge in [0, 0.05) is 72.1 Å². The van der Waals surface area contributed by atoms with E-state index in [-0.39, 0.29) is 75.8 Å². The number of nitrogens with one attached hydrogen (secondary N) is 8. The van der Waals surface area contributed by atoms with Crippen molar-refractivity contribution in [2.75, 3.05) is 50.1 Å². The van der Waals surface area contributed by atoms with E-state index in [1.807, 2.05) is 41.5 Å². The lowest BCUT2D eigenvalue weighted by molar-refractivity contribution is -0.129. The lowest BCUT2D eigenvalue weighted by Crippen LogP contribution is -2.53. The van der Waals surface area contributed by atoms with Gasteiger partial charge < -0.3 is 51.7 Å². The van der Waals surface area contributed by atoms with Crippen molar-refractivity contribution >= 4 is 46.8 Å². The smallest absolute Gasteiger partial charge is 0.251 e. The maximum Gasteiger partial charge on any atom is 0.251 e. The van der Waals surface area contributed by atoms with Crippen molar-refractivity contribution in [3.63, 3.8) is 0 Å². The van der Waals surface area contributed by atoms with Gasteiger partial charge in [0.15, 0.2) is 0 Å². The summed E-state index contributed by atoms with van der Waals surface area (Å²) in [4.78, 5) is 117. The second kappa shape index (κ2) is 26.4. The summed E-state index contributed by atoms with van der Waals surface area (Å²) >= 11 is 0. The third-order valence-electron chi connectivity index (χ3n) is 14.1. The van der Waals surface area contributed by atoms with Gasteiger partial charge in [0.2, 0.25) is 35.4 Å². The number of likely N-dealkylation sites (N-methyl/N-ethyl adjacent to an activating group) is 2. The van der Waals surface area contributed by atoms with Gasteiger partial charge in [0.1, 0.15) is 23.7 Å². The molecule has 0 spiro atoms. The fraction of sp³-hybridized carbons (Fsp3) is 0.448. The topological polar surface area (TPSA) is 247 Å². The molecule has 2 aromatic heterocycles. The number of amides is 6. The van der Waals surface area contributed by atoms with Gasteiger partial charge in [0.25, 0.3) is 11.1 Å². The Morgan fingerprint density at radius 2 is 0.949 bits per heavy atom. The van der Waals surface area contributed by atoms with E-state index in [0.717, 1.165) is 0 Å². The number of carbonyl (C=O) groups excluding carboxylic acids is 6. The molecule has 8 N–H and O–H groups in total. The Labute approximate surface area is 453 Å². The number of H-pyrrole nitrogens is 2.